The lowest BCUT2D eigenvalue weighted by atomic mass is 10.0. The Morgan fingerprint density at radius 2 is 2.20 bits per heavy atom. The van der Waals surface area contributed by atoms with Gasteiger partial charge in [-0.2, -0.15) is 5.26 Å². The van der Waals surface area contributed by atoms with Gasteiger partial charge in [0, 0.05) is 4.47 Å². The molecule has 0 unspecified atom stereocenters. The molecule has 78 valence electrons. The van der Waals surface area contributed by atoms with Gasteiger partial charge in [-0.1, -0.05) is 6.07 Å². The van der Waals surface area contributed by atoms with E-state index in [9.17, 15) is 4.79 Å². The van der Waals surface area contributed by atoms with Gasteiger partial charge in [0.15, 0.2) is 0 Å². The molecule has 5 heteroatoms. The average molecular weight is 270 g/mol. The van der Waals surface area contributed by atoms with E-state index in [1.807, 2.05) is 6.07 Å². The second kappa shape index (κ2) is 4.91. The van der Waals surface area contributed by atoms with Gasteiger partial charge in [-0.25, -0.2) is 0 Å². The van der Waals surface area contributed by atoms with Crippen LogP contribution in [0.15, 0.2) is 16.6 Å². The number of carbonyl (C=O) groups is 1. The summed E-state index contributed by atoms with van der Waals surface area (Å²) in [7, 11) is 0. The molecule has 0 saturated carbocycles. The van der Waals surface area contributed by atoms with Crippen LogP contribution in [-0.4, -0.2) is 16.2 Å². The molecule has 0 fully saturated rings. The Bertz CT molecular complexity index is 437. The highest BCUT2D eigenvalue weighted by atomic mass is 79.9. The van der Waals surface area contributed by atoms with E-state index < -0.39 is 5.97 Å². The molecule has 2 N–H and O–H groups in total. The first kappa shape index (κ1) is 11.7. The highest BCUT2D eigenvalue weighted by Gasteiger charge is 2.11. The smallest absolute Gasteiger partial charge is 0.307 e. The number of hydrogen-bond donors (Lipinski definition) is 2. The number of hydrogen-bond acceptors (Lipinski definition) is 3. The molecule has 1 aromatic rings. The minimum Gasteiger partial charge on any atom is -0.481 e. The van der Waals surface area contributed by atoms with E-state index >= 15 is 0 Å². The fourth-order valence-corrected chi connectivity index (χ4v) is 1.88. The van der Waals surface area contributed by atoms with Crippen LogP contribution in [0.25, 0.3) is 0 Å². The molecule has 1 aromatic carbocycles. The monoisotopic (exact) mass is 269 g/mol. The molecular weight excluding hydrogens is 262 g/mol. The normalized spacial score (nSPS) is 9.67. The maximum Gasteiger partial charge on any atom is 0.307 e. The van der Waals surface area contributed by atoms with Gasteiger partial charge >= 0.3 is 5.97 Å². The Kier molecular flexibility index (Phi) is 3.83. The highest BCUT2D eigenvalue weighted by molar-refractivity contribution is 9.10. The van der Waals surface area contributed by atoms with Crippen LogP contribution in [0.2, 0.25) is 0 Å². The van der Waals surface area contributed by atoms with E-state index in [1.54, 1.807) is 6.07 Å². The summed E-state index contributed by atoms with van der Waals surface area (Å²) in [6.07, 6.45) is -0.227. The Morgan fingerprint density at radius 3 is 2.67 bits per heavy atom. The summed E-state index contributed by atoms with van der Waals surface area (Å²) in [6.45, 7) is -0.184. The number of benzene rings is 1. The summed E-state index contributed by atoms with van der Waals surface area (Å²) in [5, 5.41) is 26.4. The molecule has 0 radical (unpaired) electrons. The molecule has 0 aliphatic rings. The van der Waals surface area contributed by atoms with E-state index in [1.165, 1.54) is 6.07 Å². The summed E-state index contributed by atoms with van der Waals surface area (Å²) in [6, 6.07) is 5.06. The lowest BCUT2D eigenvalue weighted by molar-refractivity contribution is -0.136. The van der Waals surface area contributed by atoms with E-state index in [0.29, 0.717) is 21.2 Å². The Morgan fingerprint density at radius 1 is 1.53 bits per heavy atom. The van der Waals surface area contributed by atoms with Crippen molar-refractivity contribution >= 4 is 21.9 Å². The standard InChI is InChI=1S/C10H8BrNO3/c11-9-2-6(5-13)1-7(3-10(14)15)8(9)4-12/h1-2,13H,3,5H2,(H,14,15). The van der Waals surface area contributed by atoms with Crippen molar-refractivity contribution in [2.24, 2.45) is 0 Å². The van der Waals surface area contributed by atoms with E-state index in [0.717, 1.165) is 0 Å². The average Bonchev–Trinajstić information content (AvgIpc) is 2.16. The zero-order valence-electron chi connectivity index (χ0n) is 7.70. The molecule has 0 aromatic heterocycles. The second-order valence-corrected chi connectivity index (χ2v) is 3.81. The second-order valence-electron chi connectivity index (χ2n) is 2.95. The van der Waals surface area contributed by atoms with Gasteiger partial charge in [-0.3, -0.25) is 4.79 Å². The molecule has 0 heterocycles. The molecule has 4 nitrogen and oxygen atoms in total. The molecule has 0 aliphatic carbocycles. The largest absolute Gasteiger partial charge is 0.481 e. The summed E-state index contributed by atoms with van der Waals surface area (Å²) in [5.74, 6) is -1.01. The maximum absolute atomic E-state index is 10.6. The van der Waals surface area contributed by atoms with Crippen molar-refractivity contribution in [1.82, 2.24) is 0 Å². The number of carboxylic acid groups (broad SMARTS) is 1. The van der Waals surface area contributed by atoms with Gasteiger partial charge in [-0.05, 0) is 33.1 Å². The number of aliphatic hydroxyl groups excluding tert-OH is 1. The Hall–Kier alpha value is -1.38. The first-order chi connectivity index (χ1) is 7.08. The van der Waals surface area contributed by atoms with Crippen LogP contribution in [0.4, 0.5) is 0 Å². The number of carboxylic acids is 1. The fourth-order valence-electron chi connectivity index (χ4n) is 1.24. The number of halogens is 1. The molecule has 0 amide bonds. The summed E-state index contributed by atoms with van der Waals surface area (Å²) >= 11 is 3.16. The molecule has 0 bridgehead atoms. The van der Waals surface area contributed by atoms with Gasteiger partial charge in [-0.15, -0.1) is 0 Å². The summed E-state index contributed by atoms with van der Waals surface area (Å²) < 4.78 is 0.507. The van der Waals surface area contributed by atoms with Crippen molar-refractivity contribution in [2.45, 2.75) is 13.0 Å². The van der Waals surface area contributed by atoms with Crippen molar-refractivity contribution in [3.63, 3.8) is 0 Å². The van der Waals surface area contributed by atoms with Crippen LogP contribution in [-0.2, 0) is 17.8 Å². The number of aliphatic hydroxyl groups is 1. The van der Waals surface area contributed by atoms with Gasteiger partial charge in [0.1, 0.15) is 6.07 Å². The quantitative estimate of drug-likeness (QED) is 0.870. The third-order valence-electron chi connectivity index (χ3n) is 1.87. The minimum absolute atomic E-state index is 0.184. The number of nitrogens with zero attached hydrogens (tertiary/aromatic N) is 1. The SMILES string of the molecule is N#Cc1c(Br)cc(CO)cc1CC(=O)O. The van der Waals surface area contributed by atoms with Crippen molar-refractivity contribution in [2.75, 3.05) is 0 Å². The minimum atomic E-state index is -1.01. The number of rotatable bonds is 3. The van der Waals surface area contributed by atoms with Gasteiger partial charge < -0.3 is 10.2 Å². The predicted molar refractivity (Wildman–Crippen MR) is 56.1 cm³/mol. The zero-order valence-corrected chi connectivity index (χ0v) is 9.28. The lowest BCUT2D eigenvalue weighted by Gasteiger charge is -2.06. The highest BCUT2D eigenvalue weighted by Crippen LogP contribution is 2.23. The molecule has 0 aliphatic heterocycles. The molecule has 0 spiro atoms. The molecule has 0 atom stereocenters. The van der Waals surface area contributed by atoms with Gasteiger partial charge in [0.25, 0.3) is 0 Å². The fraction of sp³-hybridized carbons (Fsp3) is 0.200. The zero-order chi connectivity index (χ0) is 11.4. The van der Waals surface area contributed by atoms with Crippen LogP contribution >= 0.6 is 15.9 Å². The molecule has 0 saturated heterocycles. The Balaban J connectivity index is 3.27. The third-order valence-corrected chi connectivity index (χ3v) is 2.49. The first-order valence-corrected chi connectivity index (χ1v) is 4.91. The van der Waals surface area contributed by atoms with Crippen LogP contribution in [0.5, 0.6) is 0 Å². The van der Waals surface area contributed by atoms with Gasteiger partial charge in [0.05, 0.1) is 18.6 Å². The number of nitriles is 1. The van der Waals surface area contributed by atoms with Crippen molar-refractivity contribution in [3.05, 3.63) is 33.3 Å². The lowest BCUT2D eigenvalue weighted by Crippen LogP contribution is -2.04. The van der Waals surface area contributed by atoms with E-state index in [4.69, 9.17) is 15.5 Å². The molecule has 1 rings (SSSR count). The third kappa shape index (κ3) is 2.78. The summed E-state index contributed by atoms with van der Waals surface area (Å²) in [5.41, 5.74) is 1.29. The maximum atomic E-state index is 10.6. The van der Waals surface area contributed by atoms with E-state index in [-0.39, 0.29) is 13.0 Å². The molecule has 15 heavy (non-hydrogen) atoms. The molecular formula is C10H8BrNO3. The van der Waals surface area contributed by atoms with Crippen LogP contribution < -0.4 is 0 Å². The van der Waals surface area contributed by atoms with E-state index in [2.05, 4.69) is 15.9 Å². The van der Waals surface area contributed by atoms with Crippen molar-refractivity contribution in [3.8, 4) is 6.07 Å². The van der Waals surface area contributed by atoms with Crippen LogP contribution in [0.1, 0.15) is 16.7 Å². The van der Waals surface area contributed by atoms with Gasteiger partial charge in [0.2, 0.25) is 0 Å². The van der Waals surface area contributed by atoms with Crippen molar-refractivity contribution in [1.29, 1.82) is 5.26 Å². The Labute approximate surface area is 94.9 Å². The van der Waals surface area contributed by atoms with Crippen molar-refractivity contribution < 1.29 is 15.0 Å². The van der Waals surface area contributed by atoms with Crippen LogP contribution in [0.3, 0.4) is 0 Å². The first-order valence-electron chi connectivity index (χ1n) is 4.12. The van der Waals surface area contributed by atoms with Crippen LogP contribution in [0, 0.1) is 11.3 Å². The summed E-state index contributed by atoms with van der Waals surface area (Å²) in [4.78, 5) is 10.6. The predicted octanol–water partition coefficient (Wildman–Crippen LogP) is 1.44. The number of aliphatic carboxylic acids is 1. The topological polar surface area (TPSA) is 81.3 Å².